The van der Waals surface area contributed by atoms with Crippen LogP contribution in [-0.4, -0.2) is 33.0 Å². The van der Waals surface area contributed by atoms with Gasteiger partial charge in [-0.2, -0.15) is 0 Å². The van der Waals surface area contributed by atoms with Gasteiger partial charge in [0.15, 0.2) is 0 Å². The van der Waals surface area contributed by atoms with Crippen molar-refractivity contribution < 1.29 is 14.5 Å². The Morgan fingerprint density at radius 3 is 2.78 bits per heavy atom. The average Bonchev–Trinajstić information content (AvgIpc) is 3.09. The largest absolute Gasteiger partial charge is 0.341 e. The standard InChI is InChI=1S/C17H21N5O4S/c1-3-4-5-9-14-20-21-17(27-14)19-15(23)11(2)18-16(24)12-7-6-8-13(10-12)22(25)26/h6-8,10-11H,3-5,9H2,1-2H3,(H,18,24)(H,19,21,23). The number of non-ortho nitro benzene ring substituents is 1. The summed E-state index contributed by atoms with van der Waals surface area (Å²) in [5.41, 5.74) is -0.0813. The van der Waals surface area contributed by atoms with E-state index < -0.39 is 22.8 Å². The topological polar surface area (TPSA) is 127 Å². The molecule has 2 N–H and O–H groups in total. The summed E-state index contributed by atoms with van der Waals surface area (Å²) in [6, 6.07) is 4.47. The molecule has 2 amide bonds. The second-order valence-corrected chi connectivity index (χ2v) is 7.01. The lowest BCUT2D eigenvalue weighted by atomic mass is 10.1. The van der Waals surface area contributed by atoms with Crippen molar-refractivity contribution in [2.24, 2.45) is 0 Å². The highest BCUT2D eigenvalue weighted by Gasteiger charge is 2.19. The van der Waals surface area contributed by atoms with E-state index in [0.29, 0.717) is 5.13 Å². The van der Waals surface area contributed by atoms with Crippen LogP contribution < -0.4 is 10.6 Å². The fourth-order valence-electron chi connectivity index (χ4n) is 2.25. The molecule has 1 aromatic heterocycles. The van der Waals surface area contributed by atoms with Gasteiger partial charge >= 0.3 is 0 Å². The Bertz CT molecular complexity index is 823. The Kier molecular flexibility index (Phi) is 7.35. The molecule has 1 aromatic carbocycles. The van der Waals surface area contributed by atoms with Gasteiger partial charge in [0.05, 0.1) is 4.92 Å². The fraction of sp³-hybridized carbons (Fsp3) is 0.412. The molecule has 0 aliphatic rings. The minimum atomic E-state index is -0.843. The number of benzene rings is 1. The van der Waals surface area contributed by atoms with Crippen LogP contribution in [0.5, 0.6) is 0 Å². The third-order valence-corrected chi connectivity index (χ3v) is 4.65. The van der Waals surface area contributed by atoms with Crippen LogP contribution in [0.3, 0.4) is 0 Å². The van der Waals surface area contributed by atoms with E-state index in [-0.39, 0.29) is 11.3 Å². The van der Waals surface area contributed by atoms with Crippen molar-refractivity contribution in [2.75, 3.05) is 5.32 Å². The summed E-state index contributed by atoms with van der Waals surface area (Å²) >= 11 is 1.31. The van der Waals surface area contributed by atoms with Gasteiger partial charge in [0.1, 0.15) is 11.0 Å². The Balaban J connectivity index is 1.90. The van der Waals surface area contributed by atoms with E-state index in [9.17, 15) is 19.7 Å². The SMILES string of the molecule is CCCCCc1nnc(NC(=O)C(C)NC(=O)c2cccc([N+](=O)[O-])c2)s1. The van der Waals surface area contributed by atoms with Crippen LogP contribution in [0.1, 0.15) is 48.5 Å². The highest BCUT2D eigenvalue weighted by molar-refractivity contribution is 7.15. The number of hydrogen-bond acceptors (Lipinski definition) is 7. The molecule has 0 fully saturated rings. The first-order valence-corrected chi connectivity index (χ1v) is 9.41. The number of aromatic nitrogens is 2. The predicted octanol–water partition coefficient (Wildman–Crippen LogP) is 2.94. The van der Waals surface area contributed by atoms with E-state index in [2.05, 4.69) is 27.8 Å². The first-order valence-electron chi connectivity index (χ1n) is 8.59. The Hall–Kier alpha value is -2.88. The highest BCUT2D eigenvalue weighted by atomic mass is 32.1. The molecule has 1 atom stereocenters. The van der Waals surface area contributed by atoms with Crippen molar-refractivity contribution >= 4 is 34.0 Å². The van der Waals surface area contributed by atoms with Gasteiger partial charge in [-0.3, -0.25) is 25.0 Å². The van der Waals surface area contributed by atoms with Gasteiger partial charge in [0.2, 0.25) is 11.0 Å². The number of unbranched alkanes of at least 4 members (excludes halogenated alkanes) is 2. The number of anilines is 1. The molecular weight excluding hydrogens is 370 g/mol. The zero-order valence-electron chi connectivity index (χ0n) is 15.1. The molecule has 0 saturated carbocycles. The number of nitro benzene ring substituents is 1. The van der Waals surface area contributed by atoms with Crippen LogP contribution in [0.25, 0.3) is 0 Å². The summed E-state index contributed by atoms with van der Waals surface area (Å²) in [6.07, 6.45) is 4.07. The smallest absolute Gasteiger partial charge is 0.270 e. The summed E-state index contributed by atoms with van der Waals surface area (Å²) in [6.45, 7) is 3.64. The molecule has 0 saturated heterocycles. The molecule has 0 spiro atoms. The summed E-state index contributed by atoms with van der Waals surface area (Å²) in [5.74, 6) is -1.01. The zero-order valence-corrected chi connectivity index (χ0v) is 15.9. The average molecular weight is 391 g/mol. The van der Waals surface area contributed by atoms with Crippen molar-refractivity contribution in [3.8, 4) is 0 Å². The normalized spacial score (nSPS) is 11.6. The van der Waals surface area contributed by atoms with Gasteiger partial charge in [0.25, 0.3) is 11.6 Å². The molecule has 10 heteroatoms. The number of amides is 2. The van der Waals surface area contributed by atoms with Crippen LogP contribution in [0.2, 0.25) is 0 Å². The number of hydrogen-bond donors (Lipinski definition) is 2. The number of nitro groups is 1. The Morgan fingerprint density at radius 1 is 1.30 bits per heavy atom. The maximum absolute atomic E-state index is 12.2. The molecule has 1 heterocycles. The summed E-state index contributed by atoms with van der Waals surface area (Å²) in [4.78, 5) is 34.6. The Labute approximate surface area is 160 Å². The molecule has 0 radical (unpaired) electrons. The van der Waals surface area contributed by atoms with E-state index in [0.717, 1.165) is 36.8 Å². The second-order valence-electron chi connectivity index (χ2n) is 5.95. The van der Waals surface area contributed by atoms with Crippen LogP contribution in [-0.2, 0) is 11.2 Å². The summed E-state index contributed by atoms with van der Waals surface area (Å²) in [5, 5.41) is 25.1. The van der Waals surface area contributed by atoms with Crippen molar-refractivity contribution in [3.05, 3.63) is 45.0 Å². The monoisotopic (exact) mass is 391 g/mol. The lowest BCUT2D eigenvalue weighted by molar-refractivity contribution is -0.384. The number of aryl methyl sites for hydroxylation is 1. The molecule has 0 aliphatic carbocycles. The predicted molar refractivity (Wildman–Crippen MR) is 102 cm³/mol. The third kappa shape index (κ3) is 6.10. The Morgan fingerprint density at radius 2 is 2.07 bits per heavy atom. The van der Waals surface area contributed by atoms with Gasteiger partial charge < -0.3 is 5.32 Å². The molecule has 27 heavy (non-hydrogen) atoms. The molecule has 144 valence electrons. The van der Waals surface area contributed by atoms with Gasteiger partial charge in [-0.1, -0.05) is 37.2 Å². The van der Waals surface area contributed by atoms with Gasteiger partial charge in [-0.25, -0.2) is 0 Å². The molecule has 2 rings (SSSR count). The van der Waals surface area contributed by atoms with E-state index in [1.165, 1.54) is 36.5 Å². The maximum atomic E-state index is 12.2. The number of carbonyl (C=O) groups excluding carboxylic acids is 2. The maximum Gasteiger partial charge on any atom is 0.270 e. The van der Waals surface area contributed by atoms with Gasteiger partial charge in [-0.15, -0.1) is 10.2 Å². The molecule has 0 aliphatic heterocycles. The van der Waals surface area contributed by atoms with E-state index >= 15 is 0 Å². The molecule has 9 nitrogen and oxygen atoms in total. The van der Waals surface area contributed by atoms with E-state index in [1.807, 2.05) is 0 Å². The summed E-state index contributed by atoms with van der Waals surface area (Å²) < 4.78 is 0. The zero-order chi connectivity index (χ0) is 19.8. The van der Waals surface area contributed by atoms with E-state index in [4.69, 9.17) is 0 Å². The number of nitrogens with one attached hydrogen (secondary N) is 2. The lowest BCUT2D eigenvalue weighted by Gasteiger charge is -2.12. The first kappa shape index (κ1) is 20.4. The van der Waals surface area contributed by atoms with Gasteiger partial charge in [-0.05, 0) is 19.4 Å². The van der Waals surface area contributed by atoms with Crippen molar-refractivity contribution in [2.45, 2.75) is 45.6 Å². The fourth-order valence-corrected chi connectivity index (χ4v) is 3.04. The van der Waals surface area contributed by atoms with E-state index in [1.54, 1.807) is 0 Å². The summed E-state index contributed by atoms with van der Waals surface area (Å²) in [7, 11) is 0. The molecule has 2 aromatic rings. The van der Waals surface area contributed by atoms with Gasteiger partial charge in [0, 0.05) is 24.1 Å². The van der Waals surface area contributed by atoms with Crippen LogP contribution >= 0.6 is 11.3 Å². The molecular formula is C17H21N5O4S. The van der Waals surface area contributed by atoms with Crippen molar-refractivity contribution in [1.82, 2.24) is 15.5 Å². The second kappa shape index (κ2) is 9.72. The third-order valence-electron chi connectivity index (χ3n) is 3.75. The van der Waals surface area contributed by atoms with Crippen molar-refractivity contribution in [1.29, 1.82) is 0 Å². The quantitative estimate of drug-likeness (QED) is 0.384. The minimum Gasteiger partial charge on any atom is -0.341 e. The lowest BCUT2D eigenvalue weighted by Crippen LogP contribution is -2.41. The first-order chi connectivity index (χ1) is 12.9. The van der Waals surface area contributed by atoms with Crippen LogP contribution in [0, 0.1) is 10.1 Å². The molecule has 0 bridgehead atoms. The molecule has 1 unspecified atom stereocenters. The number of carbonyl (C=O) groups is 2. The number of rotatable bonds is 9. The van der Waals surface area contributed by atoms with Crippen LogP contribution in [0.15, 0.2) is 24.3 Å². The van der Waals surface area contributed by atoms with Crippen molar-refractivity contribution in [3.63, 3.8) is 0 Å². The number of nitrogens with zero attached hydrogens (tertiary/aromatic N) is 3. The van der Waals surface area contributed by atoms with Crippen LogP contribution in [0.4, 0.5) is 10.8 Å². The minimum absolute atomic E-state index is 0.109. The highest BCUT2D eigenvalue weighted by Crippen LogP contribution is 2.18.